The number of anilines is 1. The molecule has 0 unspecified atom stereocenters. The smallest absolute Gasteiger partial charge is 0.329 e. The van der Waals surface area contributed by atoms with E-state index < -0.39 is 11.8 Å². The highest BCUT2D eigenvalue weighted by molar-refractivity contribution is 6.39. The molecule has 0 aliphatic carbocycles. The van der Waals surface area contributed by atoms with Gasteiger partial charge in [-0.25, -0.2) is 5.43 Å². The number of carbonyl (C=O) groups is 2. The van der Waals surface area contributed by atoms with Crippen LogP contribution in [0.5, 0.6) is 11.5 Å². The van der Waals surface area contributed by atoms with Crippen molar-refractivity contribution in [3.63, 3.8) is 0 Å². The number of nitrogens with one attached hydrogen (secondary N) is 2. The Balaban J connectivity index is 1.94. The van der Waals surface area contributed by atoms with Gasteiger partial charge in [-0.15, -0.1) is 0 Å². The van der Waals surface area contributed by atoms with Crippen molar-refractivity contribution in [3.8, 4) is 11.5 Å². The molecular weight excluding hydrogens is 310 g/mol. The Hall–Kier alpha value is -3.35. The average Bonchev–Trinajstić information content (AvgIpc) is 2.62. The second kappa shape index (κ2) is 8.33. The minimum absolute atomic E-state index is 0.400. The van der Waals surface area contributed by atoms with Crippen molar-refractivity contribution >= 4 is 23.7 Å². The molecule has 0 aliphatic rings. The molecule has 124 valence electrons. The molecule has 0 aromatic heterocycles. The molecule has 7 heteroatoms. The summed E-state index contributed by atoms with van der Waals surface area (Å²) in [7, 11) is 3.03. The van der Waals surface area contributed by atoms with E-state index in [1.165, 1.54) is 13.3 Å². The second-order valence-electron chi connectivity index (χ2n) is 4.63. The molecular formula is C17H17N3O4. The number of hydrogen-bond donors (Lipinski definition) is 2. The van der Waals surface area contributed by atoms with E-state index in [1.807, 2.05) is 0 Å². The van der Waals surface area contributed by atoms with Gasteiger partial charge >= 0.3 is 11.8 Å². The van der Waals surface area contributed by atoms with Crippen molar-refractivity contribution < 1.29 is 19.1 Å². The number of ether oxygens (including phenoxy) is 2. The molecule has 0 aliphatic heterocycles. The zero-order chi connectivity index (χ0) is 17.4. The van der Waals surface area contributed by atoms with E-state index in [0.717, 1.165) is 5.56 Å². The maximum Gasteiger partial charge on any atom is 0.329 e. The number of rotatable bonds is 5. The van der Waals surface area contributed by atoms with Gasteiger partial charge in [0.1, 0.15) is 11.5 Å². The van der Waals surface area contributed by atoms with E-state index in [-0.39, 0.29) is 0 Å². The first kappa shape index (κ1) is 17.0. The molecule has 24 heavy (non-hydrogen) atoms. The summed E-state index contributed by atoms with van der Waals surface area (Å²) in [6.45, 7) is 0. The summed E-state index contributed by atoms with van der Waals surface area (Å²) >= 11 is 0. The summed E-state index contributed by atoms with van der Waals surface area (Å²) in [4.78, 5) is 23.6. The number of methoxy groups -OCH3 is 2. The molecule has 0 bridgehead atoms. The van der Waals surface area contributed by atoms with Crippen molar-refractivity contribution in [1.29, 1.82) is 0 Å². The fourth-order valence-electron chi connectivity index (χ4n) is 1.87. The zero-order valence-electron chi connectivity index (χ0n) is 13.3. The van der Waals surface area contributed by atoms with Crippen LogP contribution in [0.1, 0.15) is 5.56 Å². The maximum atomic E-state index is 11.9. The minimum Gasteiger partial charge on any atom is -0.497 e. The first-order valence-corrected chi connectivity index (χ1v) is 7.05. The first-order valence-electron chi connectivity index (χ1n) is 7.05. The summed E-state index contributed by atoms with van der Waals surface area (Å²) in [5, 5.41) is 6.21. The summed E-state index contributed by atoms with van der Waals surface area (Å²) in [5.74, 6) is -0.611. The van der Waals surface area contributed by atoms with E-state index in [2.05, 4.69) is 15.8 Å². The van der Waals surface area contributed by atoms with E-state index in [9.17, 15) is 9.59 Å². The van der Waals surface area contributed by atoms with Gasteiger partial charge in [0.2, 0.25) is 0 Å². The van der Waals surface area contributed by atoms with Crippen LogP contribution in [0.3, 0.4) is 0 Å². The lowest BCUT2D eigenvalue weighted by atomic mass is 10.2. The Bertz CT molecular complexity index is 759. The molecule has 0 fully saturated rings. The van der Waals surface area contributed by atoms with Gasteiger partial charge in [-0.1, -0.05) is 24.3 Å². The topological polar surface area (TPSA) is 89.0 Å². The highest BCUT2D eigenvalue weighted by Gasteiger charge is 2.14. The Morgan fingerprint density at radius 1 is 1.00 bits per heavy atom. The minimum atomic E-state index is -0.889. The number of amides is 2. The Labute approximate surface area is 139 Å². The predicted octanol–water partition coefficient (Wildman–Crippen LogP) is 1.79. The summed E-state index contributed by atoms with van der Waals surface area (Å²) < 4.78 is 10.2. The monoisotopic (exact) mass is 327 g/mol. The number of hydrazone groups is 1. The second-order valence-corrected chi connectivity index (χ2v) is 4.63. The molecule has 0 saturated carbocycles. The molecule has 0 saturated heterocycles. The van der Waals surface area contributed by atoms with E-state index >= 15 is 0 Å². The van der Waals surface area contributed by atoms with Crippen LogP contribution < -0.4 is 20.2 Å². The quantitative estimate of drug-likeness (QED) is 0.498. The summed E-state index contributed by atoms with van der Waals surface area (Å²) in [5.41, 5.74) is 3.28. The van der Waals surface area contributed by atoms with E-state index in [1.54, 1.807) is 55.6 Å². The lowest BCUT2D eigenvalue weighted by Gasteiger charge is -2.08. The molecule has 0 radical (unpaired) electrons. The number of carbonyl (C=O) groups excluding carboxylic acids is 2. The summed E-state index contributed by atoms with van der Waals surface area (Å²) in [6.07, 6.45) is 1.41. The maximum absolute atomic E-state index is 11.9. The van der Waals surface area contributed by atoms with Crippen LogP contribution in [0.4, 0.5) is 5.69 Å². The van der Waals surface area contributed by atoms with Crippen molar-refractivity contribution in [1.82, 2.24) is 5.43 Å². The Morgan fingerprint density at radius 2 is 1.79 bits per heavy atom. The van der Waals surface area contributed by atoms with Crippen LogP contribution in [-0.4, -0.2) is 32.2 Å². The Kier molecular flexibility index (Phi) is 5.90. The largest absolute Gasteiger partial charge is 0.497 e. The van der Waals surface area contributed by atoms with Gasteiger partial charge in [0.25, 0.3) is 0 Å². The highest BCUT2D eigenvalue weighted by Crippen LogP contribution is 2.22. The lowest BCUT2D eigenvalue weighted by molar-refractivity contribution is -0.136. The third-order valence-electron chi connectivity index (χ3n) is 3.03. The van der Waals surface area contributed by atoms with Crippen molar-refractivity contribution in [2.45, 2.75) is 0 Å². The van der Waals surface area contributed by atoms with Gasteiger partial charge in [-0.2, -0.15) is 5.10 Å². The molecule has 0 heterocycles. The van der Waals surface area contributed by atoms with Gasteiger partial charge in [-0.05, 0) is 29.8 Å². The molecule has 7 nitrogen and oxygen atoms in total. The van der Waals surface area contributed by atoms with Gasteiger partial charge in [0.05, 0.1) is 26.1 Å². The normalized spacial score (nSPS) is 10.2. The molecule has 2 aromatic rings. The van der Waals surface area contributed by atoms with Crippen LogP contribution in [0.2, 0.25) is 0 Å². The lowest BCUT2D eigenvalue weighted by Crippen LogP contribution is -2.32. The van der Waals surface area contributed by atoms with Gasteiger partial charge in [-0.3, -0.25) is 9.59 Å². The highest BCUT2D eigenvalue weighted by atomic mass is 16.5. The average molecular weight is 327 g/mol. The number of para-hydroxylation sites is 2. The van der Waals surface area contributed by atoms with Crippen LogP contribution in [0.15, 0.2) is 53.6 Å². The van der Waals surface area contributed by atoms with Crippen molar-refractivity contribution in [3.05, 3.63) is 54.1 Å². The number of benzene rings is 2. The standard InChI is InChI=1S/C17H17N3O4/c1-23-13-7-5-6-12(10-13)11-18-20-17(22)16(21)19-14-8-3-4-9-15(14)24-2/h3-11H,1-2H3,(H,19,21)(H,20,22)/b18-11+. The van der Waals surface area contributed by atoms with E-state index in [0.29, 0.717) is 17.2 Å². The molecule has 2 N–H and O–H groups in total. The van der Waals surface area contributed by atoms with Crippen molar-refractivity contribution in [2.75, 3.05) is 19.5 Å². The van der Waals surface area contributed by atoms with Crippen LogP contribution in [0, 0.1) is 0 Å². The predicted molar refractivity (Wildman–Crippen MR) is 90.4 cm³/mol. The fraction of sp³-hybridized carbons (Fsp3) is 0.118. The fourth-order valence-corrected chi connectivity index (χ4v) is 1.87. The molecule has 2 aromatic carbocycles. The van der Waals surface area contributed by atoms with Gasteiger partial charge in [0.15, 0.2) is 0 Å². The van der Waals surface area contributed by atoms with Crippen LogP contribution in [-0.2, 0) is 9.59 Å². The van der Waals surface area contributed by atoms with E-state index in [4.69, 9.17) is 9.47 Å². The molecule has 0 atom stereocenters. The molecule has 2 rings (SSSR count). The van der Waals surface area contributed by atoms with Gasteiger partial charge < -0.3 is 14.8 Å². The van der Waals surface area contributed by atoms with Crippen LogP contribution >= 0.6 is 0 Å². The summed E-state index contributed by atoms with van der Waals surface area (Å²) in [6, 6.07) is 13.9. The SMILES string of the molecule is COc1cccc(/C=N/NC(=O)C(=O)Nc2ccccc2OC)c1. The third kappa shape index (κ3) is 4.57. The number of nitrogens with zero attached hydrogens (tertiary/aromatic N) is 1. The van der Waals surface area contributed by atoms with Gasteiger partial charge in [0, 0.05) is 0 Å². The molecule has 0 spiro atoms. The molecule has 2 amide bonds. The van der Waals surface area contributed by atoms with Crippen molar-refractivity contribution in [2.24, 2.45) is 5.10 Å². The van der Waals surface area contributed by atoms with Crippen LogP contribution in [0.25, 0.3) is 0 Å². The third-order valence-corrected chi connectivity index (χ3v) is 3.03. The Morgan fingerprint density at radius 3 is 2.54 bits per heavy atom. The number of hydrogen-bond acceptors (Lipinski definition) is 5. The first-order chi connectivity index (χ1) is 11.6. The zero-order valence-corrected chi connectivity index (χ0v) is 13.3.